The lowest BCUT2D eigenvalue weighted by Gasteiger charge is -2.37. The molecule has 0 bridgehead atoms. The molecular weight excluding hydrogens is 460 g/mol. The summed E-state index contributed by atoms with van der Waals surface area (Å²) < 4.78 is 0. The fraction of sp³-hybridized carbons (Fsp3) is 0.423. The van der Waals surface area contributed by atoms with E-state index in [0.29, 0.717) is 0 Å². The van der Waals surface area contributed by atoms with Gasteiger partial charge in [-0.15, -0.1) is 0 Å². The predicted octanol–water partition coefficient (Wildman–Crippen LogP) is 2.94. The van der Waals surface area contributed by atoms with Crippen molar-refractivity contribution >= 4 is 35.1 Å². The van der Waals surface area contributed by atoms with E-state index in [4.69, 9.17) is 26.6 Å². The second-order valence-electron chi connectivity index (χ2n) is 9.08. The van der Waals surface area contributed by atoms with E-state index < -0.39 is 0 Å². The maximum absolute atomic E-state index is 6.07. The Morgan fingerprint density at radius 1 is 0.771 bits per heavy atom. The molecule has 0 amide bonds. The average Bonchev–Trinajstić information content (AvgIpc) is 2.93. The van der Waals surface area contributed by atoms with Crippen LogP contribution in [-0.2, 0) is 6.42 Å². The van der Waals surface area contributed by atoms with E-state index in [1.807, 2.05) is 12.1 Å². The van der Waals surface area contributed by atoms with Gasteiger partial charge in [0, 0.05) is 76.7 Å². The number of aromatic nitrogens is 3. The fourth-order valence-electron chi connectivity index (χ4n) is 4.52. The molecule has 35 heavy (non-hydrogen) atoms. The van der Waals surface area contributed by atoms with Gasteiger partial charge < -0.3 is 24.9 Å². The number of likely N-dealkylation sites (N-methyl/N-ethyl adjacent to an activating group) is 1. The molecule has 2 aromatic carbocycles. The summed E-state index contributed by atoms with van der Waals surface area (Å²) in [6.07, 6.45) is 0.946. The van der Waals surface area contributed by atoms with Gasteiger partial charge in [-0.3, -0.25) is 0 Å². The van der Waals surface area contributed by atoms with Crippen molar-refractivity contribution in [1.29, 1.82) is 0 Å². The van der Waals surface area contributed by atoms with Gasteiger partial charge in [0.25, 0.3) is 0 Å². The molecule has 5 rings (SSSR count). The first-order valence-corrected chi connectivity index (χ1v) is 12.8. The summed E-state index contributed by atoms with van der Waals surface area (Å²) in [6, 6.07) is 18.6. The van der Waals surface area contributed by atoms with Crippen molar-refractivity contribution in [1.82, 2.24) is 20.3 Å². The minimum Gasteiger partial charge on any atom is -0.368 e. The summed E-state index contributed by atoms with van der Waals surface area (Å²) in [6.45, 7) is 8.09. The molecule has 0 spiro atoms. The molecule has 2 fully saturated rings. The van der Waals surface area contributed by atoms with Crippen molar-refractivity contribution in [2.75, 3.05) is 85.6 Å². The van der Waals surface area contributed by atoms with Gasteiger partial charge in [0.15, 0.2) is 0 Å². The summed E-state index contributed by atoms with van der Waals surface area (Å²) in [5.74, 6) is 2.28. The quantitative estimate of drug-likeness (QED) is 0.540. The fourth-order valence-corrected chi connectivity index (χ4v) is 4.65. The number of hydrogen-bond acceptors (Lipinski definition) is 8. The maximum atomic E-state index is 6.07. The van der Waals surface area contributed by atoms with E-state index in [0.717, 1.165) is 88.2 Å². The summed E-state index contributed by atoms with van der Waals surface area (Å²) in [7, 11) is 2.07. The molecule has 2 saturated heterocycles. The summed E-state index contributed by atoms with van der Waals surface area (Å²) in [5.41, 5.74) is 2.52. The van der Waals surface area contributed by atoms with Crippen LogP contribution in [0, 0.1) is 0 Å². The zero-order valence-electron chi connectivity index (χ0n) is 20.3. The van der Waals surface area contributed by atoms with Crippen molar-refractivity contribution in [3.63, 3.8) is 0 Å². The Bertz CT molecular complexity index is 1080. The van der Waals surface area contributed by atoms with Crippen LogP contribution in [0.4, 0.5) is 23.5 Å². The van der Waals surface area contributed by atoms with Crippen molar-refractivity contribution in [3.05, 3.63) is 65.2 Å². The number of halogens is 1. The largest absolute Gasteiger partial charge is 0.368 e. The van der Waals surface area contributed by atoms with Gasteiger partial charge in [0.05, 0.1) is 0 Å². The van der Waals surface area contributed by atoms with Crippen molar-refractivity contribution in [2.45, 2.75) is 6.42 Å². The molecule has 0 aliphatic carbocycles. The van der Waals surface area contributed by atoms with Gasteiger partial charge in [0.2, 0.25) is 17.8 Å². The van der Waals surface area contributed by atoms with E-state index in [2.05, 4.69) is 74.4 Å². The number of piperazine rings is 2. The van der Waals surface area contributed by atoms with Crippen molar-refractivity contribution < 1.29 is 0 Å². The highest BCUT2D eigenvalue weighted by Gasteiger charge is 2.23. The lowest BCUT2D eigenvalue weighted by Crippen LogP contribution is -2.48. The van der Waals surface area contributed by atoms with Crippen LogP contribution >= 0.6 is 11.6 Å². The first-order chi connectivity index (χ1) is 17.2. The van der Waals surface area contributed by atoms with Crippen LogP contribution in [0.3, 0.4) is 0 Å². The molecule has 184 valence electrons. The van der Waals surface area contributed by atoms with Crippen LogP contribution < -0.4 is 24.9 Å². The molecule has 1 aromatic heterocycles. The van der Waals surface area contributed by atoms with Crippen LogP contribution in [0.25, 0.3) is 0 Å². The zero-order valence-corrected chi connectivity index (χ0v) is 21.0. The average molecular weight is 493 g/mol. The lowest BCUT2D eigenvalue weighted by atomic mass is 10.1. The van der Waals surface area contributed by atoms with Gasteiger partial charge in [0.1, 0.15) is 0 Å². The first-order valence-electron chi connectivity index (χ1n) is 12.4. The number of benzene rings is 2. The molecule has 3 aromatic rings. The number of anilines is 4. The Labute approximate surface area is 212 Å². The third-order valence-corrected chi connectivity index (χ3v) is 6.93. The maximum Gasteiger partial charge on any atom is 0.232 e. The van der Waals surface area contributed by atoms with Gasteiger partial charge >= 0.3 is 0 Å². The molecular formula is C26H33ClN8. The first kappa shape index (κ1) is 23.6. The second kappa shape index (κ2) is 11.1. The molecule has 0 radical (unpaired) electrons. The minimum atomic E-state index is 0.736. The lowest BCUT2D eigenvalue weighted by molar-refractivity contribution is 0.576. The monoisotopic (exact) mass is 492 g/mol. The molecule has 0 unspecified atom stereocenters. The third-order valence-electron chi connectivity index (χ3n) is 6.67. The van der Waals surface area contributed by atoms with Gasteiger partial charge in [-0.1, -0.05) is 41.9 Å². The van der Waals surface area contributed by atoms with Crippen LogP contribution in [-0.4, -0.2) is 80.9 Å². The van der Waals surface area contributed by atoms with Gasteiger partial charge in [-0.25, -0.2) is 0 Å². The standard InChI is InChI=1S/C26H33ClN8/c1-32(14-11-21-5-3-2-4-6-21)24-29-25(34-15-12-28-13-16-34)31-26(30-24)35-19-17-33(18-20-35)23-9-7-22(27)8-10-23/h2-10,28H,11-20H2,1H3. The van der Waals surface area contributed by atoms with Crippen LogP contribution in [0.2, 0.25) is 5.02 Å². The number of hydrogen-bond donors (Lipinski definition) is 1. The van der Waals surface area contributed by atoms with E-state index in [-0.39, 0.29) is 0 Å². The topological polar surface area (TPSA) is 63.7 Å². The third kappa shape index (κ3) is 5.94. The van der Waals surface area contributed by atoms with Crippen LogP contribution in [0.1, 0.15) is 5.56 Å². The summed E-state index contributed by atoms with van der Waals surface area (Å²) >= 11 is 6.07. The zero-order chi connectivity index (χ0) is 24.0. The highest BCUT2D eigenvalue weighted by molar-refractivity contribution is 6.30. The van der Waals surface area contributed by atoms with E-state index >= 15 is 0 Å². The molecule has 0 saturated carbocycles. The van der Waals surface area contributed by atoms with E-state index in [9.17, 15) is 0 Å². The normalized spacial score (nSPS) is 16.5. The summed E-state index contributed by atoms with van der Waals surface area (Å²) in [4.78, 5) is 23.8. The molecule has 8 nitrogen and oxygen atoms in total. The molecule has 9 heteroatoms. The van der Waals surface area contributed by atoms with E-state index in [1.165, 1.54) is 11.3 Å². The summed E-state index contributed by atoms with van der Waals surface area (Å²) in [5, 5.41) is 4.18. The van der Waals surface area contributed by atoms with Crippen molar-refractivity contribution in [2.24, 2.45) is 0 Å². The van der Waals surface area contributed by atoms with Gasteiger partial charge in [-0.05, 0) is 36.2 Å². The molecule has 1 N–H and O–H groups in total. The minimum absolute atomic E-state index is 0.736. The number of nitrogens with one attached hydrogen (secondary N) is 1. The van der Waals surface area contributed by atoms with Gasteiger partial charge in [-0.2, -0.15) is 15.0 Å². The number of nitrogens with zero attached hydrogens (tertiary/aromatic N) is 7. The van der Waals surface area contributed by atoms with Crippen LogP contribution in [0.15, 0.2) is 54.6 Å². The Morgan fingerprint density at radius 3 is 2.03 bits per heavy atom. The smallest absolute Gasteiger partial charge is 0.232 e. The SMILES string of the molecule is CN(CCc1ccccc1)c1nc(N2CCNCC2)nc(N2CCN(c3ccc(Cl)cc3)CC2)n1. The Morgan fingerprint density at radius 2 is 1.37 bits per heavy atom. The second-order valence-corrected chi connectivity index (χ2v) is 9.52. The highest BCUT2D eigenvalue weighted by atomic mass is 35.5. The van der Waals surface area contributed by atoms with Crippen LogP contribution in [0.5, 0.6) is 0 Å². The Kier molecular flexibility index (Phi) is 7.49. The molecule has 3 heterocycles. The van der Waals surface area contributed by atoms with Crippen molar-refractivity contribution in [3.8, 4) is 0 Å². The predicted molar refractivity (Wildman–Crippen MR) is 144 cm³/mol. The number of rotatable bonds is 7. The Hall–Kier alpha value is -3.10. The highest BCUT2D eigenvalue weighted by Crippen LogP contribution is 2.23. The molecule has 2 aliphatic rings. The Balaban J connectivity index is 1.32. The van der Waals surface area contributed by atoms with E-state index in [1.54, 1.807) is 0 Å². The molecule has 0 atom stereocenters. The molecule has 2 aliphatic heterocycles.